The minimum atomic E-state index is 0.939. The Balaban J connectivity index is 1.54. The van der Waals surface area contributed by atoms with Crippen molar-refractivity contribution in [2.75, 3.05) is 18.1 Å². The van der Waals surface area contributed by atoms with Gasteiger partial charge in [-0.15, -0.1) is 0 Å². The molecule has 1 saturated heterocycles. The van der Waals surface area contributed by atoms with E-state index in [1.54, 1.807) is 0 Å². The zero-order valence-electron chi connectivity index (χ0n) is 8.13. The van der Waals surface area contributed by atoms with Gasteiger partial charge in [-0.25, -0.2) is 0 Å². The highest BCUT2D eigenvalue weighted by Gasteiger charge is 2.17. The second-order valence-corrected chi connectivity index (χ2v) is 5.12. The molecule has 1 aliphatic carbocycles. The number of hydrogen-bond acceptors (Lipinski definition) is 2. The number of thioether (sulfide) groups is 1. The molecule has 0 aromatic heterocycles. The predicted molar refractivity (Wildman–Crippen MR) is 57.9 cm³/mol. The quantitative estimate of drug-likeness (QED) is 0.507. The average Bonchev–Trinajstić information content (AvgIpc) is 2.53. The van der Waals surface area contributed by atoms with Crippen molar-refractivity contribution in [3.05, 3.63) is 11.8 Å². The van der Waals surface area contributed by atoms with Gasteiger partial charge >= 0.3 is 0 Å². The third-order valence-electron chi connectivity index (χ3n) is 2.85. The third-order valence-corrected chi connectivity index (χ3v) is 4.26. The molecule has 2 heteroatoms. The second-order valence-electron chi connectivity index (χ2n) is 4.05. The van der Waals surface area contributed by atoms with Crippen LogP contribution in [0.4, 0.5) is 0 Å². The fraction of sp³-hybridized carbons (Fsp3) is 0.818. The molecule has 2 aliphatic rings. The van der Waals surface area contributed by atoms with E-state index in [-0.39, 0.29) is 0 Å². The first-order valence-corrected chi connectivity index (χ1v) is 6.48. The van der Waals surface area contributed by atoms with Crippen molar-refractivity contribution in [3.63, 3.8) is 0 Å². The molecule has 1 nitrogen and oxygen atoms in total. The molecular formula is C11H18OS. The molecule has 1 heterocycles. The molecule has 13 heavy (non-hydrogen) atoms. The van der Waals surface area contributed by atoms with Crippen molar-refractivity contribution in [2.45, 2.75) is 32.1 Å². The van der Waals surface area contributed by atoms with Crippen molar-refractivity contribution in [1.29, 1.82) is 0 Å². The van der Waals surface area contributed by atoms with Crippen LogP contribution in [-0.2, 0) is 4.74 Å². The zero-order valence-corrected chi connectivity index (χ0v) is 8.94. The van der Waals surface area contributed by atoms with E-state index in [9.17, 15) is 0 Å². The van der Waals surface area contributed by atoms with Crippen molar-refractivity contribution < 1.29 is 4.74 Å². The van der Waals surface area contributed by atoms with Crippen LogP contribution in [0.3, 0.4) is 0 Å². The normalized spacial score (nSPS) is 22.9. The van der Waals surface area contributed by atoms with E-state index in [4.69, 9.17) is 4.74 Å². The van der Waals surface area contributed by atoms with Crippen LogP contribution in [0.25, 0.3) is 0 Å². The highest BCUT2D eigenvalue weighted by Crippen LogP contribution is 2.27. The molecule has 0 amide bonds. The summed E-state index contributed by atoms with van der Waals surface area (Å²) in [6.45, 7) is 0.939. The van der Waals surface area contributed by atoms with E-state index in [0.29, 0.717) is 0 Å². The molecule has 2 rings (SSSR count). The van der Waals surface area contributed by atoms with Gasteiger partial charge < -0.3 is 4.74 Å². The molecule has 0 unspecified atom stereocenters. The van der Waals surface area contributed by atoms with Crippen LogP contribution < -0.4 is 0 Å². The summed E-state index contributed by atoms with van der Waals surface area (Å²) in [5, 5.41) is 0. The van der Waals surface area contributed by atoms with Gasteiger partial charge in [0.2, 0.25) is 0 Å². The maximum absolute atomic E-state index is 5.55. The third kappa shape index (κ3) is 2.94. The zero-order chi connectivity index (χ0) is 8.93. The molecule has 0 bridgehead atoms. The van der Waals surface area contributed by atoms with Crippen molar-refractivity contribution in [1.82, 2.24) is 0 Å². The van der Waals surface area contributed by atoms with Gasteiger partial charge in [-0.05, 0) is 55.1 Å². The Kier molecular flexibility index (Phi) is 3.59. The van der Waals surface area contributed by atoms with Crippen LogP contribution in [0.2, 0.25) is 0 Å². The van der Waals surface area contributed by atoms with E-state index in [0.717, 1.165) is 12.5 Å². The summed E-state index contributed by atoms with van der Waals surface area (Å²) in [7, 11) is 0. The Labute approximate surface area is 84.9 Å². The van der Waals surface area contributed by atoms with Crippen LogP contribution in [0.5, 0.6) is 0 Å². The molecule has 1 aliphatic heterocycles. The topological polar surface area (TPSA) is 9.23 Å². The maximum Gasteiger partial charge on any atom is 0.0876 e. The van der Waals surface area contributed by atoms with Crippen LogP contribution in [0.15, 0.2) is 11.8 Å². The number of allylic oxidation sites excluding steroid dienone is 1. The second kappa shape index (κ2) is 4.94. The number of rotatable bonds is 4. The Morgan fingerprint density at radius 2 is 2.08 bits per heavy atom. The Hall–Kier alpha value is -0.110. The van der Waals surface area contributed by atoms with Gasteiger partial charge in [0.15, 0.2) is 0 Å². The van der Waals surface area contributed by atoms with Crippen molar-refractivity contribution >= 4 is 11.8 Å². The molecule has 0 aromatic rings. The lowest BCUT2D eigenvalue weighted by Gasteiger charge is -2.24. The summed E-state index contributed by atoms with van der Waals surface area (Å²) < 4.78 is 5.55. The van der Waals surface area contributed by atoms with E-state index in [1.807, 2.05) is 6.26 Å². The fourth-order valence-electron chi connectivity index (χ4n) is 1.81. The first-order chi connectivity index (χ1) is 6.45. The monoisotopic (exact) mass is 198 g/mol. The minimum Gasteiger partial charge on any atom is -0.501 e. The first kappa shape index (κ1) is 9.45. The van der Waals surface area contributed by atoms with Gasteiger partial charge in [-0.2, -0.15) is 11.8 Å². The van der Waals surface area contributed by atoms with Crippen LogP contribution in [0.1, 0.15) is 32.1 Å². The van der Waals surface area contributed by atoms with Crippen LogP contribution >= 0.6 is 11.8 Å². The maximum atomic E-state index is 5.55. The lowest BCUT2D eigenvalue weighted by Crippen LogP contribution is -2.19. The fourth-order valence-corrected chi connectivity index (χ4v) is 2.71. The summed E-state index contributed by atoms with van der Waals surface area (Å²) in [4.78, 5) is 0. The van der Waals surface area contributed by atoms with Gasteiger partial charge in [-0.1, -0.05) is 0 Å². The van der Waals surface area contributed by atoms with E-state index in [2.05, 4.69) is 11.8 Å². The Bertz CT molecular complexity index is 177. The summed E-state index contributed by atoms with van der Waals surface area (Å²) in [5.41, 5.74) is 1.53. The molecule has 2 fully saturated rings. The smallest absolute Gasteiger partial charge is 0.0876 e. The van der Waals surface area contributed by atoms with Gasteiger partial charge in [0.1, 0.15) is 0 Å². The molecule has 1 saturated carbocycles. The van der Waals surface area contributed by atoms with E-state index >= 15 is 0 Å². The van der Waals surface area contributed by atoms with Gasteiger partial charge in [0.25, 0.3) is 0 Å². The highest BCUT2D eigenvalue weighted by atomic mass is 32.2. The molecule has 0 radical (unpaired) electrons. The molecular weight excluding hydrogens is 180 g/mol. The minimum absolute atomic E-state index is 0.939. The predicted octanol–water partition coefficient (Wildman–Crippen LogP) is 3.21. The standard InChI is InChI=1S/C11H18OS/c1-2-4-10(3-1)7-12-6-5-11-8-13-9-11/h7,11H,1-6,8-9H2. The summed E-state index contributed by atoms with van der Waals surface area (Å²) in [5.74, 6) is 3.67. The van der Waals surface area contributed by atoms with Crippen LogP contribution in [-0.4, -0.2) is 18.1 Å². The number of hydrogen-bond donors (Lipinski definition) is 0. The van der Waals surface area contributed by atoms with Crippen LogP contribution in [0, 0.1) is 5.92 Å². The summed E-state index contributed by atoms with van der Waals surface area (Å²) in [6, 6.07) is 0. The molecule has 74 valence electrons. The number of ether oxygens (including phenoxy) is 1. The first-order valence-electron chi connectivity index (χ1n) is 5.32. The molecule has 0 spiro atoms. The van der Waals surface area contributed by atoms with Crippen molar-refractivity contribution in [2.24, 2.45) is 5.92 Å². The van der Waals surface area contributed by atoms with Crippen molar-refractivity contribution in [3.8, 4) is 0 Å². The van der Waals surface area contributed by atoms with E-state index < -0.39 is 0 Å². The molecule has 0 atom stereocenters. The SMILES string of the molecule is C(OCCC1CSC1)=C1CCCC1. The summed E-state index contributed by atoms with van der Waals surface area (Å²) in [6.07, 6.45) is 8.58. The largest absolute Gasteiger partial charge is 0.501 e. The lowest BCUT2D eigenvalue weighted by molar-refractivity contribution is 0.225. The Morgan fingerprint density at radius 1 is 1.31 bits per heavy atom. The lowest BCUT2D eigenvalue weighted by atomic mass is 10.1. The highest BCUT2D eigenvalue weighted by molar-refractivity contribution is 8.00. The van der Waals surface area contributed by atoms with Gasteiger partial charge in [-0.3, -0.25) is 0 Å². The average molecular weight is 198 g/mol. The van der Waals surface area contributed by atoms with Gasteiger partial charge in [0, 0.05) is 0 Å². The van der Waals surface area contributed by atoms with Gasteiger partial charge in [0.05, 0.1) is 12.9 Å². The Morgan fingerprint density at radius 3 is 2.69 bits per heavy atom. The summed E-state index contributed by atoms with van der Waals surface area (Å²) >= 11 is 2.06. The molecule has 0 N–H and O–H groups in total. The molecule has 0 aromatic carbocycles. The van der Waals surface area contributed by atoms with E-state index in [1.165, 1.54) is 49.2 Å².